The van der Waals surface area contributed by atoms with E-state index in [4.69, 9.17) is 34.8 Å². The smallest absolute Gasteiger partial charge is 0.339 e. The summed E-state index contributed by atoms with van der Waals surface area (Å²) in [5, 5.41) is -0.307. The third-order valence-electron chi connectivity index (χ3n) is 2.07. The number of carbonyl (C=O) groups excluding carboxylic acids is 3. The van der Waals surface area contributed by atoms with Crippen molar-refractivity contribution in [3.8, 4) is 0 Å². The zero-order valence-corrected chi connectivity index (χ0v) is 21.6. The van der Waals surface area contributed by atoms with E-state index in [1.807, 2.05) is 34.6 Å². The van der Waals surface area contributed by atoms with Crippen molar-refractivity contribution in [3.63, 3.8) is 0 Å². The van der Waals surface area contributed by atoms with Crippen molar-refractivity contribution >= 4 is 88.1 Å². The van der Waals surface area contributed by atoms with Crippen LogP contribution in [0.25, 0.3) is 0 Å². The number of methoxy groups -OCH3 is 2. The lowest BCUT2D eigenvalue weighted by Gasteiger charge is -2.05. The van der Waals surface area contributed by atoms with E-state index in [1.54, 1.807) is 23.5 Å². The van der Waals surface area contributed by atoms with Gasteiger partial charge in [0.1, 0.15) is 0 Å². The van der Waals surface area contributed by atoms with E-state index < -0.39 is 10.8 Å². The summed E-state index contributed by atoms with van der Waals surface area (Å²) in [6.45, 7) is 9.66. The van der Waals surface area contributed by atoms with Gasteiger partial charge in [-0.3, -0.25) is 9.59 Å². The lowest BCUT2D eigenvalue weighted by atomic mass is 10.5. The van der Waals surface area contributed by atoms with Crippen LogP contribution in [0.3, 0.4) is 0 Å². The molecule has 0 rings (SSSR count). The molecule has 0 saturated heterocycles. The van der Waals surface area contributed by atoms with E-state index in [2.05, 4.69) is 22.1 Å². The molecule has 0 N–H and O–H groups in total. The van der Waals surface area contributed by atoms with Crippen molar-refractivity contribution in [1.29, 1.82) is 0 Å². The summed E-state index contributed by atoms with van der Waals surface area (Å²) < 4.78 is 8.61. The van der Waals surface area contributed by atoms with Gasteiger partial charge in [-0.25, -0.2) is 4.79 Å². The Labute approximate surface area is 200 Å². The lowest BCUT2D eigenvalue weighted by Crippen LogP contribution is -2.14. The van der Waals surface area contributed by atoms with Crippen molar-refractivity contribution in [3.05, 3.63) is 0 Å². The van der Waals surface area contributed by atoms with Gasteiger partial charge in [-0.15, -0.1) is 23.5 Å². The van der Waals surface area contributed by atoms with Crippen molar-refractivity contribution in [1.82, 2.24) is 0 Å². The molecular weight excluding hydrogens is 487 g/mol. The Hall–Kier alpha value is 0.530. The first-order chi connectivity index (χ1) is 12.5. The summed E-state index contributed by atoms with van der Waals surface area (Å²) in [7, 11) is 2.63. The highest BCUT2D eigenvalue weighted by atomic mass is 35.5. The van der Waals surface area contributed by atoms with Gasteiger partial charge >= 0.3 is 11.9 Å². The quantitative estimate of drug-likeness (QED) is 0.198. The molecule has 0 fully saturated rings. The van der Waals surface area contributed by atoms with Crippen LogP contribution in [0.5, 0.6) is 0 Å². The number of hydrogen-bond acceptors (Lipinski definition) is 8. The van der Waals surface area contributed by atoms with Gasteiger partial charge in [-0.05, 0) is 42.7 Å². The van der Waals surface area contributed by atoms with Crippen LogP contribution >= 0.6 is 71.0 Å². The van der Waals surface area contributed by atoms with Gasteiger partial charge in [0.05, 0.1) is 24.7 Å². The Morgan fingerprint density at radius 3 is 1.36 bits per heavy atom. The first kappa shape index (κ1) is 39.1. The Morgan fingerprint density at radius 1 is 0.893 bits per heavy atom. The number of ether oxygens (including phenoxy) is 2. The summed E-state index contributed by atoms with van der Waals surface area (Å²) in [4.78, 5) is 29.9. The molecule has 11 heteroatoms. The van der Waals surface area contributed by atoms with Crippen molar-refractivity contribution < 1.29 is 23.9 Å². The van der Waals surface area contributed by atoms with Gasteiger partial charge in [0.15, 0.2) is 0 Å². The van der Waals surface area contributed by atoms with E-state index in [0.29, 0.717) is 0 Å². The maximum absolute atomic E-state index is 10.7. The first-order valence-electron chi connectivity index (χ1n) is 7.97. The third-order valence-corrected chi connectivity index (χ3v) is 4.95. The van der Waals surface area contributed by atoms with Gasteiger partial charge in [-0.1, -0.05) is 51.4 Å². The highest BCUT2D eigenvalue weighted by Crippen LogP contribution is 2.11. The number of thiol groups is 1. The molecular formula is C17H35Cl3O5S3. The number of alkyl halides is 2. The van der Waals surface area contributed by atoms with Gasteiger partial charge in [0.25, 0.3) is 0 Å². The Balaban J connectivity index is -0.0000000872. The highest BCUT2D eigenvalue weighted by Gasteiger charge is 2.11. The molecule has 28 heavy (non-hydrogen) atoms. The molecule has 0 aromatic carbocycles. The zero-order chi connectivity index (χ0) is 22.4. The molecule has 0 spiro atoms. The van der Waals surface area contributed by atoms with E-state index in [9.17, 15) is 14.4 Å². The molecule has 0 aliphatic carbocycles. The molecule has 0 saturated carbocycles. The van der Waals surface area contributed by atoms with Gasteiger partial charge < -0.3 is 9.47 Å². The molecule has 2 atom stereocenters. The van der Waals surface area contributed by atoms with Crippen LogP contribution < -0.4 is 0 Å². The van der Waals surface area contributed by atoms with Crippen LogP contribution in [0.4, 0.5) is 0 Å². The Bertz CT molecular complexity index is 376. The fourth-order valence-corrected chi connectivity index (χ4v) is 2.62. The van der Waals surface area contributed by atoms with Crippen molar-refractivity contribution in [2.75, 3.05) is 31.5 Å². The molecule has 0 amide bonds. The van der Waals surface area contributed by atoms with Crippen molar-refractivity contribution in [2.45, 2.75) is 57.4 Å². The van der Waals surface area contributed by atoms with Gasteiger partial charge in [-0.2, -0.15) is 12.6 Å². The summed E-state index contributed by atoms with van der Waals surface area (Å²) in [6, 6.07) is 0. The number of carbonyl (C=O) groups is 3. The predicted molar refractivity (Wildman–Crippen MR) is 132 cm³/mol. The molecule has 0 aromatic rings. The SMILES string of the molecule is C.CCS.CCSC(C)C(=O)Cl.CCSC(C)C(=O)OC.COC(=O)C(Cl)Cl. The number of esters is 2. The number of halogens is 3. The van der Waals surface area contributed by atoms with Crippen LogP contribution in [0.15, 0.2) is 0 Å². The van der Waals surface area contributed by atoms with E-state index >= 15 is 0 Å². The second kappa shape index (κ2) is 29.7. The highest BCUT2D eigenvalue weighted by molar-refractivity contribution is 8.00. The minimum atomic E-state index is -1.05. The minimum absolute atomic E-state index is 0. The van der Waals surface area contributed by atoms with Crippen molar-refractivity contribution in [2.24, 2.45) is 0 Å². The van der Waals surface area contributed by atoms with Gasteiger partial charge in [0, 0.05) is 0 Å². The van der Waals surface area contributed by atoms with Crippen LogP contribution in [0.2, 0.25) is 0 Å². The molecule has 0 aromatic heterocycles. The van der Waals surface area contributed by atoms with Crippen LogP contribution in [0.1, 0.15) is 42.0 Å². The Morgan fingerprint density at radius 2 is 1.21 bits per heavy atom. The second-order valence-corrected chi connectivity index (χ2v) is 9.50. The zero-order valence-electron chi connectivity index (χ0n) is 16.8. The maximum atomic E-state index is 10.7. The Kier molecular flexibility index (Phi) is 41.5. The van der Waals surface area contributed by atoms with Crippen LogP contribution in [-0.4, -0.2) is 64.0 Å². The average molecular weight is 522 g/mol. The largest absolute Gasteiger partial charge is 0.468 e. The molecule has 172 valence electrons. The van der Waals surface area contributed by atoms with Crippen LogP contribution in [-0.2, 0) is 23.9 Å². The molecule has 0 aliphatic rings. The molecule has 2 unspecified atom stereocenters. The number of hydrogen-bond donors (Lipinski definition) is 1. The topological polar surface area (TPSA) is 69.7 Å². The minimum Gasteiger partial charge on any atom is -0.468 e. The number of thioether (sulfide) groups is 2. The monoisotopic (exact) mass is 520 g/mol. The average Bonchev–Trinajstić information content (AvgIpc) is 2.62. The van der Waals surface area contributed by atoms with Gasteiger partial charge in [0.2, 0.25) is 10.1 Å². The second-order valence-electron chi connectivity index (χ2n) is 4.16. The first-order valence-corrected chi connectivity index (χ1v) is 12.0. The lowest BCUT2D eigenvalue weighted by molar-refractivity contribution is -0.140. The van der Waals surface area contributed by atoms with Crippen LogP contribution in [0, 0.1) is 0 Å². The normalized spacial score (nSPS) is 10.9. The fourth-order valence-electron chi connectivity index (χ4n) is 0.889. The fraction of sp³-hybridized carbons (Fsp3) is 0.824. The van der Waals surface area contributed by atoms with E-state index in [1.165, 1.54) is 14.2 Å². The molecule has 0 bridgehead atoms. The maximum Gasteiger partial charge on any atom is 0.339 e. The summed E-state index contributed by atoms with van der Waals surface area (Å²) >= 11 is 22.1. The predicted octanol–water partition coefficient (Wildman–Crippen LogP) is 5.73. The molecule has 0 radical (unpaired) electrons. The molecule has 0 heterocycles. The summed E-state index contributed by atoms with van der Waals surface area (Å²) in [5.41, 5.74) is 0. The molecule has 0 aliphatic heterocycles. The summed E-state index contributed by atoms with van der Waals surface area (Å²) in [6.07, 6.45) is 0. The van der Waals surface area contributed by atoms with E-state index in [-0.39, 0.29) is 29.1 Å². The summed E-state index contributed by atoms with van der Waals surface area (Å²) in [5.74, 6) is 2.08. The molecule has 5 nitrogen and oxygen atoms in total. The standard InChI is InChI=1S/C6H12O2S.C5H9ClOS.C3H4Cl2O2.C2H6S.CH4/c1-4-9-5(2)6(7)8-3;1-3-8-4(2)5(6)7;1-7-3(6)2(4)5;1-2-3;/h5H,4H2,1-3H3;4H,3H2,1-2H3;2H,1H3;3H,2H2,1H3;1H4. The third kappa shape index (κ3) is 34.1. The number of rotatable bonds is 7. The van der Waals surface area contributed by atoms with E-state index in [0.717, 1.165) is 17.3 Å².